The fraction of sp³-hybridized carbons (Fsp3) is 0.333. The summed E-state index contributed by atoms with van der Waals surface area (Å²) in [5.74, 6) is 0. The lowest BCUT2D eigenvalue weighted by Gasteiger charge is -2.06. The first-order valence-electron chi connectivity index (χ1n) is 3.77. The summed E-state index contributed by atoms with van der Waals surface area (Å²) >= 11 is -1.77. The van der Waals surface area contributed by atoms with Gasteiger partial charge in [0.15, 0.2) is 11.1 Å². The van der Waals surface area contributed by atoms with Crippen LogP contribution in [0.2, 0.25) is 0 Å². The van der Waals surface area contributed by atoms with Gasteiger partial charge in [0.2, 0.25) is 0 Å². The van der Waals surface area contributed by atoms with Crippen molar-refractivity contribution in [2.45, 2.75) is 19.1 Å². The molecular formula is C9H12O2S. The second kappa shape index (κ2) is 3.83. The number of rotatable bonds is 2. The average Bonchev–Trinajstić information content (AvgIpc) is 2.04. The lowest BCUT2D eigenvalue weighted by Crippen LogP contribution is -2.00. The van der Waals surface area contributed by atoms with E-state index in [2.05, 4.69) is 0 Å². The Hall–Kier alpha value is -0.670. The van der Waals surface area contributed by atoms with E-state index in [1.807, 2.05) is 31.2 Å². The molecule has 1 N–H and O–H groups in total. The van der Waals surface area contributed by atoms with Crippen LogP contribution < -0.4 is 0 Å². The molecule has 0 bridgehead atoms. The van der Waals surface area contributed by atoms with Gasteiger partial charge in [-0.2, -0.15) is 0 Å². The van der Waals surface area contributed by atoms with E-state index in [-0.39, 0.29) is 5.25 Å². The van der Waals surface area contributed by atoms with Crippen molar-refractivity contribution in [3.63, 3.8) is 0 Å². The first kappa shape index (κ1) is 9.42. The van der Waals surface area contributed by atoms with E-state index in [0.29, 0.717) is 0 Å². The lowest BCUT2D eigenvalue weighted by atomic mass is 10.1. The average molecular weight is 184 g/mol. The van der Waals surface area contributed by atoms with Crippen molar-refractivity contribution in [2.24, 2.45) is 0 Å². The van der Waals surface area contributed by atoms with Crippen LogP contribution in [0, 0.1) is 6.92 Å². The molecule has 66 valence electrons. The molecule has 0 fully saturated rings. The summed E-state index contributed by atoms with van der Waals surface area (Å²) in [5, 5.41) is -0.300. The van der Waals surface area contributed by atoms with E-state index in [1.165, 1.54) is 0 Å². The van der Waals surface area contributed by atoms with Crippen LogP contribution >= 0.6 is 0 Å². The van der Waals surface area contributed by atoms with Crippen LogP contribution in [-0.4, -0.2) is 8.76 Å². The maximum absolute atomic E-state index is 10.7. The van der Waals surface area contributed by atoms with E-state index < -0.39 is 11.1 Å². The molecule has 2 unspecified atom stereocenters. The molecule has 0 aromatic heterocycles. The van der Waals surface area contributed by atoms with Crippen molar-refractivity contribution < 1.29 is 8.76 Å². The van der Waals surface area contributed by atoms with Gasteiger partial charge in [-0.1, -0.05) is 29.8 Å². The topological polar surface area (TPSA) is 37.3 Å². The fourth-order valence-corrected chi connectivity index (χ4v) is 1.34. The van der Waals surface area contributed by atoms with Crippen molar-refractivity contribution in [1.82, 2.24) is 0 Å². The molecule has 3 heteroatoms. The van der Waals surface area contributed by atoms with E-state index in [9.17, 15) is 4.21 Å². The molecule has 0 radical (unpaired) electrons. The van der Waals surface area contributed by atoms with Gasteiger partial charge in [0, 0.05) is 0 Å². The Morgan fingerprint density at radius 3 is 2.25 bits per heavy atom. The molecule has 1 rings (SSSR count). The zero-order chi connectivity index (χ0) is 9.14. The summed E-state index contributed by atoms with van der Waals surface area (Å²) in [7, 11) is 0. The zero-order valence-corrected chi connectivity index (χ0v) is 7.97. The summed E-state index contributed by atoms with van der Waals surface area (Å²) in [5.41, 5.74) is 2.07. The predicted molar refractivity (Wildman–Crippen MR) is 50.4 cm³/mol. The molecule has 0 aliphatic heterocycles. The lowest BCUT2D eigenvalue weighted by molar-refractivity contribution is 0.554. The third-order valence-electron chi connectivity index (χ3n) is 1.85. The molecule has 0 aliphatic carbocycles. The third kappa shape index (κ3) is 2.16. The van der Waals surface area contributed by atoms with Crippen LogP contribution in [0.5, 0.6) is 0 Å². The predicted octanol–water partition coefficient (Wildman–Crippen LogP) is 2.28. The maximum Gasteiger partial charge on any atom is 0.160 e. The van der Waals surface area contributed by atoms with Gasteiger partial charge in [0.1, 0.15) is 0 Å². The maximum atomic E-state index is 10.7. The van der Waals surface area contributed by atoms with Gasteiger partial charge in [0.05, 0.1) is 5.25 Å². The van der Waals surface area contributed by atoms with E-state index in [0.717, 1.165) is 11.1 Å². The van der Waals surface area contributed by atoms with Gasteiger partial charge in [-0.15, -0.1) is 0 Å². The second-order valence-corrected chi connectivity index (χ2v) is 4.09. The van der Waals surface area contributed by atoms with Crippen molar-refractivity contribution in [3.8, 4) is 0 Å². The van der Waals surface area contributed by atoms with Crippen LogP contribution in [0.15, 0.2) is 24.3 Å². The smallest absolute Gasteiger partial charge is 0.160 e. The molecule has 12 heavy (non-hydrogen) atoms. The summed E-state index contributed by atoms with van der Waals surface area (Å²) < 4.78 is 19.5. The van der Waals surface area contributed by atoms with Crippen molar-refractivity contribution >= 4 is 11.1 Å². The van der Waals surface area contributed by atoms with Gasteiger partial charge in [-0.25, -0.2) is 4.21 Å². The van der Waals surface area contributed by atoms with Crippen LogP contribution in [0.4, 0.5) is 0 Å². The number of hydrogen-bond donors (Lipinski definition) is 1. The van der Waals surface area contributed by atoms with Crippen molar-refractivity contribution in [2.75, 3.05) is 0 Å². The monoisotopic (exact) mass is 184 g/mol. The summed E-state index contributed by atoms with van der Waals surface area (Å²) in [4.78, 5) is 0. The van der Waals surface area contributed by atoms with Crippen LogP contribution in [0.1, 0.15) is 23.3 Å². The standard InChI is InChI=1S/C9H12O2S/c1-7-3-5-9(6-4-7)8(2)12(10)11/h3-6,8H,1-2H3,(H,10,11). The van der Waals surface area contributed by atoms with Gasteiger partial charge in [0.25, 0.3) is 0 Å². The molecule has 0 heterocycles. The zero-order valence-electron chi connectivity index (χ0n) is 7.15. The minimum Gasteiger partial charge on any atom is -0.306 e. The highest BCUT2D eigenvalue weighted by Crippen LogP contribution is 2.17. The fourth-order valence-electron chi connectivity index (χ4n) is 0.954. The largest absolute Gasteiger partial charge is 0.306 e. The van der Waals surface area contributed by atoms with Crippen molar-refractivity contribution in [3.05, 3.63) is 35.4 Å². The Kier molecular flexibility index (Phi) is 3.00. The quantitative estimate of drug-likeness (QED) is 0.716. The third-order valence-corrected chi connectivity index (χ3v) is 2.73. The Morgan fingerprint density at radius 2 is 1.83 bits per heavy atom. The Bertz CT molecular complexity index is 279. The Morgan fingerprint density at radius 1 is 1.33 bits per heavy atom. The second-order valence-electron chi connectivity index (χ2n) is 2.83. The summed E-state index contributed by atoms with van der Waals surface area (Å²) in [6.45, 7) is 3.73. The SMILES string of the molecule is Cc1ccc(C(C)S(=O)O)cc1. The van der Waals surface area contributed by atoms with Gasteiger partial charge in [-0.3, -0.25) is 0 Å². The molecule has 1 aromatic rings. The first-order chi connectivity index (χ1) is 5.61. The molecule has 1 aromatic carbocycles. The molecule has 2 nitrogen and oxygen atoms in total. The van der Waals surface area contributed by atoms with Gasteiger partial charge < -0.3 is 4.55 Å². The van der Waals surface area contributed by atoms with Crippen molar-refractivity contribution in [1.29, 1.82) is 0 Å². The van der Waals surface area contributed by atoms with Gasteiger partial charge in [-0.05, 0) is 19.4 Å². The number of hydrogen-bond acceptors (Lipinski definition) is 1. The van der Waals surface area contributed by atoms with E-state index in [1.54, 1.807) is 6.92 Å². The molecule has 0 aliphatic rings. The number of aryl methyl sites for hydroxylation is 1. The first-order valence-corrected chi connectivity index (χ1v) is 4.94. The Balaban J connectivity index is 2.89. The summed E-state index contributed by atoms with van der Waals surface area (Å²) in [6, 6.07) is 7.65. The molecule has 0 saturated heterocycles. The Labute approximate surface area is 74.9 Å². The molecule has 0 amide bonds. The highest BCUT2D eigenvalue weighted by atomic mass is 32.2. The molecule has 2 atom stereocenters. The van der Waals surface area contributed by atoms with E-state index in [4.69, 9.17) is 4.55 Å². The normalized spacial score (nSPS) is 15.6. The molecule has 0 saturated carbocycles. The molecule has 0 spiro atoms. The number of benzene rings is 1. The molecular weight excluding hydrogens is 172 g/mol. The minimum absolute atomic E-state index is 0.300. The van der Waals surface area contributed by atoms with E-state index >= 15 is 0 Å². The van der Waals surface area contributed by atoms with Gasteiger partial charge >= 0.3 is 0 Å². The van der Waals surface area contributed by atoms with Crippen LogP contribution in [0.3, 0.4) is 0 Å². The highest BCUT2D eigenvalue weighted by molar-refractivity contribution is 7.79. The van der Waals surface area contributed by atoms with Crippen LogP contribution in [0.25, 0.3) is 0 Å². The summed E-state index contributed by atoms with van der Waals surface area (Å²) in [6.07, 6.45) is 0. The minimum atomic E-state index is -1.77. The van der Waals surface area contributed by atoms with Crippen LogP contribution in [-0.2, 0) is 11.1 Å². The highest BCUT2D eigenvalue weighted by Gasteiger charge is 2.09.